The van der Waals surface area contributed by atoms with Crippen LogP contribution in [0.4, 0.5) is 0 Å². The van der Waals surface area contributed by atoms with Gasteiger partial charge in [0.1, 0.15) is 5.75 Å². The maximum atomic E-state index is 6.15. The first-order valence-electron chi connectivity index (χ1n) is 5.23. The second kappa shape index (κ2) is 5.99. The predicted molar refractivity (Wildman–Crippen MR) is 64.5 cm³/mol. The summed E-state index contributed by atoms with van der Waals surface area (Å²) in [5.74, 6) is 1.31. The van der Waals surface area contributed by atoms with Gasteiger partial charge in [0, 0.05) is 5.02 Å². The second-order valence-corrected chi connectivity index (χ2v) is 4.08. The van der Waals surface area contributed by atoms with E-state index >= 15 is 0 Å². The van der Waals surface area contributed by atoms with Crippen molar-refractivity contribution in [3.63, 3.8) is 0 Å². The summed E-state index contributed by atoms with van der Waals surface area (Å²) in [5, 5.41) is 0.765. The molecule has 0 aliphatic carbocycles. The van der Waals surface area contributed by atoms with Crippen molar-refractivity contribution in [2.24, 2.45) is 11.7 Å². The van der Waals surface area contributed by atoms with Crippen LogP contribution in [0.2, 0.25) is 5.02 Å². The molecule has 2 N–H and O–H groups in total. The summed E-state index contributed by atoms with van der Waals surface area (Å²) >= 11 is 6.15. The normalized spacial score (nSPS) is 12.5. The number of hydrogen-bond acceptors (Lipinski definition) is 2. The summed E-state index contributed by atoms with van der Waals surface area (Å²) < 4.78 is 5.10. The average molecular weight is 228 g/mol. The minimum absolute atomic E-state index is 0.510. The Kier molecular flexibility index (Phi) is 4.92. The van der Waals surface area contributed by atoms with E-state index in [0.29, 0.717) is 12.5 Å². The third kappa shape index (κ3) is 3.40. The molecule has 0 amide bonds. The zero-order valence-corrected chi connectivity index (χ0v) is 10.1. The molecular formula is C12H18ClNO. The molecule has 1 rings (SSSR count). The largest absolute Gasteiger partial charge is 0.497 e. The van der Waals surface area contributed by atoms with Crippen molar-refractivity contribution < 1.29 is 4.74 Å². The Morgan fingerprint density at radius 1 is 1.47 bits per heavy atom. The lowest BCUT2D eigenvalue weighted by atomic mass is 9.97. The van der Waals surface area contributed by atoms with Crippen LogP contribution in [0.25, 0.3) is 0 Å². The van der Waals surface area contributed by atoms with E-state index in [4.69, 9.17) is 22.1 Å². The van der Waals surface area contributed by atoms with Crippen LogP contribution in [0, 0.1) is 5.92 Å². The van der Waals surface area contributed by atoms with E-state index in [1.165, 1.54) is 0 Å². The van der Waals surface area contributed by atoms with Gasteiger partial charge >= 0.3 is 0 Å². The first kappa shape index (κ1) is 12.3. The van der Waals surface area contributed by atoms with E-state index in [1.807, 2.05) is 18.2 Å². The standard InChI is InChI=1S/C12H18ClNO/c1-3-9(8-14)6-10-4-5-11(15-2)7-12(10)13/h4-5,7,9H,3,6,8,14H2,1-2H3. The predicted octanol–water partition coefficient (Wildman–Crippen LogP) is 2.88. The van der Waals surface area contributed by atoms with Gasteiger partial charge in [0.25, 0.3) is 0 Å². The summed E-state index contributed by atoms with van der Waals surface area (Å²) in [4.78, 5) is 0. The van der Waals surface area contributed by atoms with Crippen LogP contribution in [0.5, 0.6) is 5.75 Å². The van der Waals surface area contributed by atoms with Crippen LogP contribution in [-0.2, 0) is 6.42 Å². The first-order chi connectivity index (χ1) is 7.21. The highest BCUT2D eigenvalue weighted by atomic mass is 35.5. The highest BCUT2D eigenvalue weighted by Gasteiger charge is 2.08. The highest BCUT2D eigenvalue weighted by molar-refractivity contribution is 6.31. The Morgan fingerprint density at radius 3 is 2.67 bits per heavy atom. The van der Waals surface area contributed by atoms with Gasteiger partial charge < -0.3 is 10.5 Å². The molecule has 15 heavy (non-hydrogen) atoms. The van der Waals surface area contributed by atoms with Crippen molar-refractivity contribution >= 4 is 11.6 Å². The maximum absolute atomic E-state index is 6.15. The fraction of sp³-hybridized carbons (Fsp3) is 0.500. The molecule has 1 aromatic carbocycles. The third-order valence-electron chi connectivity index (χ3n) is 2.68. The van der Waals surface area contributed by atoms with Crippen LogP contribution < -0.4 is 10.5 Å². The summed E-state index contributed by atoms with van der Waals surface area (Å²) in [6.45, 7) is 2.85. The van der Waals surface area contributed by atoms with Gasteiger partial charge in [-0.3, -0.25) is 0 Å². The topological polar surface area (TPSA) is 35.2 Å². The van der Waals surface area contributed by atoms with Gasteiger partial charge in [-0.05, 0) is 36.6 Å². The molecule has 0 saturated carbocycles. The molecule has 0 spiro atoms. The zero-order valence-electron chi connectivity index (χ0n) is 9.29. The van der Waals surface area contributed by atoms with Crippen molar-refractivity contribution in [1.82, 2.24) is 0 Å². The van der Waals surface area contributed by atoms with Gasteiger partial charge in [-0.25, -0.2) is 0 Å². The number of ether oxygens (including phenoxy) is 1. The van der Waals surface area contributed by atoms with E-state index in [2.05, 4.69) is 6.92 Å². The molecule has 1 unspecified atom stereocenters. The molecule has 84 valence electrons. The van der Waals surface area contributed by atoms with Crippen molar-refractivity contribution in [1.29, 1.82) is 0 Å². The van der Waals surface area contributed by atoms with Crippen LogP contribution in [0.15, 0.2) is 18.2 Å². The Labute approximate surface area is 96.4 Å². The van der Waals surface area contributed by atoms with Crippen molar-refractivity contribution in [2.45, 2.75) is 19.8 Å². The highest BCUT2D eigenvalue weighted by Crippen LogP contribution is 2.25. The minimum Gasteiger partial charge on any atom is -0.497 e. The number of rotatable bonds is 5. The van der Waals surface area contributed by atoms with E-state index < -0.39 is 0 Å². The van der Waals surface area contributed by atoms with Crippen LogP contribution >= 0.6 is 11.6 Å². The first-order valence-corrected chi connectivity index (χ1v) is 5.61. The SMILES string of the molecule is CCC(CN)Cc1ccc(OC)cc1Cl. The van der Waals surface area contributed by atoms with E-state index in [9.17, 15) is 0 Å². The molecule has 0 heterocycles. The Morgan fingerprint density at radius 2 is 2.20 bits per heavy atom. The molecule has 1 atom stereocenters. The molecule has 2 nitrogen and oxygen atoms in total. The lowest BCUT2D eigenvalue weighted by Crippen LogP contribution is -2.16. The minimum atomic E-state index is 0.510. The fourth-order valence-electron chi connectivity index (χ4n) is 1.53. The van der Waals surface area contributed by atoms with Crippen LogP contribution in [0.1, 0.15) is 18.9 Å². The molecule has 0 aromatic heterocycles. The Hall–Kier alpha value is -0.730. The Bertz CT molecular complexity index is 310. The number of nitrogens with two attached hydrogens (primary N) is 1. The molecule has 0 bridgehead atoms. The lowest BCUT2D eigenvalue weighted by Gasteiger charge is -2.13. The van der Waals surface area contributed by atoms with Gasteiger partial charge in [0.05, 0.1) is 7.11 Å². The molecule has 1 aromatic rings. The maximum Gasteiger partial charge on any atom is 0.120 e. The molecule has 0 radical (unpaired) electrons. The number of methoxy groups -OCH3 is 1. The quantitative estimate of drug-likeness (QED) is 0.840. The summed E-state index contributed by atoms with van der Waals surface area (Å²) in [7, 11) is 1.64. The number of halogens is 1. The van der Waals surface area contributed by atoms with Crippen LogP contribution in [-0.4, -0.2) is 13.7 Å². The number of hydrogen-bond donors (Lipinski definition) is 1. The molecule has 0 aliphatic heterocycles. The van der Waals surface area contributed by atoms with Crippen molar-refractivity contribution in [3.05, 3.63) is 28.8 Å². The average Bonchev–Trinajstić information content (AvgIpc) is 2.27. The second-order valence-electron chi connectivity index (χ2n) is 3.67. The van der Waals surface area contributed by atoms with Gasteiger partial charge in [0.15, 0.2) is 0 Å². The molecule has 0 fully saturated rings. The van der Waals surface area contributed by atoms with E-state index in [0.717, 1.165) is 29.2 Å². The summed E-state index contributed by atoms with van der Waals surface area (Å²) in [5.41, 5.74) is 6.82. The van der Waals surface area contributed by atoms with Gasteiger partial charge in [-0.2, -0.15) is 0 Å². The summed E-state index contributed by atoms with van der Waals surface area (Å²) in [6, 6.07) is 5.80. The molecule has 0 aliphatic rings. The zero-order chi connectivity index (χ0) is 11.3. The lowest BCUT2D eigenvalue weighted by molar-refractivity contribution is 0.414. The Balaban J connectivity index is 2.77. The monoisotopic (exact) mass is 227 g/mol. The fourth-order valence-corrected chi connectivity index (χ4v) is 1.77. The molecule has 0 saturated heterocycles. The van der Waals surface area contributed by atoms with Gasteiger partial charge in [-0.15, -0.1) is 0 Å². The molecule has 3 heteroatoms. The van der Waals surface area contributed by atoms with E-state index in [-0.39, 0.29) is 0 Å². The molecular weight excluding hydrogens is 210 g/mol. The number of benzene rings is 1. The van der Waals surface area contributed by atoms with Crippen molar-refractivity contribution in [3.8, 4) is 5.75 Å². The van der Waals surface area contributed by atoms with Gasteiger partial charge in [-0.1, -0.05) is 31.0 Å². The third-order valence-corrected chi connectivity index (χ3v) is 3.03. The van der Waals surface area contributed by atoms with Crippen molar-refractivity contribution in [2.75, 3.05) is 13.7 Å². The van der Waals surface area contributed by atoms with E-state index in [1.54, 1.807) is 7.11 Å². The smallest absolute Gasteiger partial charge is 0.120 e. The summed E-state index contributed by atoms with van der Waals surface area (Å²) in [6.07, 6.45) is 2.02. The van der Waals surface area contributed by atoms with Gasteiger partial charge in [0.2, 0.25) is 0 Å². The van der Waals surface area contributed by atoms with Crippen LogP contribution in [0.3, 0.4) is 0 Å².